The molecule has 0 spiro atoms. The highest BCUT2D eigenvalue weighted by atomic mass is 15.1. The minimum absolute atomic E-state index is 0.405. The average molecular weight is 121 g/mol. The molecule has 1 atom stereocenters. The molecule has 1 N–H and O–H groups in total. The van der Waals surface area contributed by atoms with Crippen molar-refractivity contribution in [1.29, 1.82) is 0 Å². The third-order valence-electron chi connectivity index (χ3n) is 1.53. The van der Waals surface area contributed by atoms with E-state index in [9.17, 15) is 0 Å². The van der Waals surface area contributed by atoms with Gasteiger partial charge in [0.1, 0.15) is 0 Å². The van der Waals surface area contributed by atoms with Crippen molar-refractivity contribution in [2.24, 2.45) is 10.2 Å². The summed E-state index contributed by atoms with van der Waals surface area (Å²) in [6, 6.07) is 0.405. The maximum absolute atomic E-state index is 3.87. The van der Waals surface area contributed by atoms with Crippen LogP contribution in [0.3, 0.4) is 0 Å². The maximum atomic E-state index is 3.87. The van der Waals surface area contributed by atoms with Crippen molar-refractivity contribution < 1.29 is 0 Å². The molecule has 2 aliphatic heterocycles. The molecule has 0 saturated heterocycles. The van der Waals surface area contributed by atoms with Crippen LogP contribution in [0.5, 0.6) is 0 Å². The molecular formula is C6H7N3. The fourth-order valence-corrected chi connectivity index (χ4v) is 1.00. The van der Waals surface area contributed by atoms with Gasteiger partial charge in [-0.15, -0.1) is 0 Å². The van der Waals surface area contributed by atoms with Gasteiger partial charge in [-0.3, -0.25) is 0 Å². The molecule has 3 heteroatoms. The summed E-state index contributed by atoms with van der Waals surface area (Å²) in [5.41, 5.74) is 1.24. The van der Waals surface area contributed by atoms with Crippen molar-refractivity contribution >= 4 is 0 Å². The lowest BCUT2D eigenvalue weighted by Gasteiger charge is -2.10. The second-order valence-electron chi connectivity index (χ2n) is 2.12. The van der Waals surface area contributed by atoms with Gasteiger partial charge in [-0.1, -0.05) is 0 Å². The van der Waals surface area contributed by atoms with E-state index in [1.54, 1.807) is 6.20 Å². The van der Waals surface area contributed by atoms with Gasteiger partial charge in [0, 0.05) is 0 Å². The van der Waals surface area contributed by atoms with Gasteiger partial charge in [-0.25, -0.2) is 0 Å². The van der Waals surface area contributed by atoms with E-state index in [1.165, 1.54) is 5.57 Å². The Balaban J connectivity index is 2.31. The highest BCUT2D eigenvalue weighted by Crippen LogP contribution is 2.14. The number of nitrogens with one attached hydrogen (secondary N) is 1. The lowest BCUT2D eigenvalue weighted by atomic mass is 10.1. The van der Waals surface area contributed by atoms with Gasteiger partial charge in [0.05, 0.1) is 18.8 Å². The first-order chi connectivity index (χ1) is 4.47. The second-order valence-corrected chi connectivity index (χ2v) is 2.12. The van der Waals surface area contributed by atoms with Gasteiger partial charge in [0.15, 0.2) is 0 Å². The minimum atomic E-state index is 0.405. The molecule has 46 valence electrons. The third-order valence-corrected chi connectivity index (χ3v) is 1.53. The van der Waals surface area contributed by atoms with E-state index in [4.69, 9.17) is 0 Å². The molecule has 0 aliphatic carbocycles. The van der Waals surface area contributed by atoms with Gasteiger partial charge in [-0.05, 0) is 17.8 Å². The SMILES string of the molecule is C1=CC2=CN=NCC2N1. The van der Waals surface area contributed by atoms with Gasteiger partial charge < -0.3 is 5.32 Å². The summed E-state index contributed by atoms with van der Waals surface area (Å²) in [5.74, 6) is 0. The summed E-state index contributed by atoms with van der Waals surface area (Å²) in [5, 5.41) is 10.8. The molecule has 2 heterocycles. The van der Waals surface area contributed by atoms with Crippen molar-refractivity contribution in [2.75, 3.05) is 6.54 Å². The molecule has 0 aromatic heterocycles. The molecule has 0 amide bonds. The Morgan fingerprint density at radius 1 is 1.67 bits per heavy atom. The standard InChI is InChI=1S/C6H7N3/c1-2-7-6-4-9-8-3-5(1)6/h1-3,6-7H,4H2. The summed E-state index contributed by atoms with van der Waals surface area (Å²) in [6.45, 7) is 0.777. The normalized spacial score (nSPS) is 29.3. The first-order valence-electron chi connectivity index (χ1n) is 2.96. The number of hydrogen-bond acceptors (Lipinski definition) is 3. The Labute approximate surface area is 53.2 Å². The van der Waals surface area contributed by atoms with Crippen LogP contribution in [0.4, 0.5) is 0 Å². The average Bonchev–Trinajstić information content (AvgIpc) is 2.33. The Hall–Kier alpha value is -1.12. The van der Waals surface area contributed by atoms with E-state index in [0.717, 1.165) is 6.54 Å². The largest absolute Gasteiger partial charge is 0.382 e. The lowest BCUT2D eigenvalue weighted by Crippen LogP contribution is -2.25. The Kier molecular flexibility index (Phi) is 0.886. The molecule has 0 aromatic rings. The summed E-state index contributed by atoms with van der Waals surface area (Å²) < 4.78 is 0. The Morgan fingerprint density at radius 3 is 3.56 bits per heavy atom. The fraction of sp³-hybridized carbons (Fsp3) is 0.333. The summed E-state index contributed by atoms with van der Waals surface area (Å²) in [7, 11) is 0. The maximum Gasteiger partial charge on any atom is 0.0847 e. The van der Waals surface area contributed by atoms with Crippen LogP contribution >= 0.6 is 0 Å². The van der Waals surface area contributed by atoms with Gasteiger partial charge in [0.2, 0.25) is 0 Å². The third kappa shape index (κ3) is 0.650. The number of azo groups is 1. The van der Waals surface area contributed by atoms with E-state index in [2.05, 4.69) is 15.5 Å². The van der Waals surface area contributed by atoms with Crippen LogP contribution in [-0.2, 0) is 0 Å². The van der Waals surface area contributed by atoms with E-state index >= 15 is 0 Å². The molecule has 0 radical (unpaired) electrons. The van der Waals surface area contributed by atoms with E-state index in [1.807, 2.05) is 12.3 Å². The van der Waals surface area contributed by atoms with Crippen molar-refractivity contribution in [3.63, 3.8) is 0 Å². The molecule has 2 rings (SSSR count). The van der Waals surface area contributed by atoms with Crippen molar-refractivity contribution in [2.45, 2.75) is 6.04 Å². The van der Waals surface area contributed by atoms with Crippen molar-refractivity contribution in [3.05, 3.63) is 24.0 Å². The Bertz CT molecular complexity index is 202. The zero-order chi connectivity index (χ0) is 6.10. The predicted molar refractivity (Wildman–Crippen MR) is 33.9 cm³/mol. The highest BCUT2D eigenvalue weighted by molar-refractivity contribution is 5.31. The molecule has 0 bridgehead atoms. The van der Waals surface area contributed by atoms with Crippen LogP contribution in [-0.4, -0.2) is 12.6 Å². The second kappa shape index (κ2) is 1.69. The first-order valence-corrected chi connectivity index (χ1v) is 2.96. The quantitative estimate of drug-likeness (QED) is 0.506. The number of fused-ring (bicyclic) bond motifs is 1. The van der Waals surface area contributed by atoms with Crippen molar-refractivity contribution in [1.82, 2.24) is 5.32 Å². The van der Waals surface area contributed by atoms with E-state index < -0.39 is 0 Å². The minimum Gasteiger partial charge on any atom is -0.382 e. The molecular weight excluding hydrogens is 114 g/mol. The lowest BCUT2D eigenvalue weighted by molar-refractivity contribution is 0.674. The summed E-state index contributed by atoms with van der Waals surface area (Å²) in [4.78, 5) is 0. The fourth-order valence-electron chi connectivity index (χ4n) is 1.00. The summed E-state index contributed by atoms with van der Waals surface area (Å²) in [6.07, 6.45) is 5.76. The van der Waals surface area contributed by atoms with Crippen LogP contribution in [0.15, 0.2) is 34.3 Å². The molecule has 2 aliphatic rings. The van der Waals surface area contributed by atoms with E-state index in [-0.39, 0.29) is 0 Å². The highest BCUT2D eigenvalue weighted by Gasteiger charge is 2.16. The van der Waals surface area contributed by atoms with E-state index in [0.29, 0.717) is 6.04 Å². The smallest absolute Gasteiger partial charge is 0.0847 e. The van der Waals surface area contributed by atoms with Crippen LogP contribution in [0.1, 0.15) is 0 Å². The van der Waals surface area contributed by atoms with Gasteiger partial charge >= 0.3 is 0 Å². The molecule has 0 fully saturated rings. The Morgan fingerprint density at radius 2 is 2.67 bits per heavy atom. The van der Waals surface area contributed by atoms with Gasteiger partial charge in [-0.2, -0.15) is 10.2 Å². The molecule has 0 saturated carbocycles. The van der Waals surface area contributed by atoms with Gasteiger partial charge in [0.25, 0.3) is 0 Å². The monoisotopic (exact) mass is 121 g/mol. The van der Waals surface area contributed by atoms with Crippen LogP contribution in [0.25, 0.3) is 0 Å². The van der Waals surface area contributed by atoms with Crippen LogP contribution in [0, 0.1) is 0 Å². The zero-order valence-electron chi connectivity index (χ0n) is 4.91. The van der Waals surface area contributed by atoms with Crippen molar-refractivity contribution in [3.8, 4) is 0 Å². The zero-order valence-corrected chi connectivity index (χ0v) is 4.91. The van der Waals surface area contributed by atoms with Crippen LogP contribution in [0.2, 0.25) is 0 Å². The molecule has 3 nitrogen and oxygen atoms in total. The number of hydrogen-bond donors (Lipinski definition) is 1. The molecule has 0 aromatic carbocycles. The number of nitrogens with zero attached hydrogens (tertiary/aromatic N) is 2. The molecule has 9 heavy (non-hydrogen) atoms. The predicted octanol–water partition coefficient (Wildman–Crippen LogP) is 0.822. The van der Waals surface area contributed by atoms with Crippen LogP contribution < -0.4 is 5.32 Å². The summed E-state index contributed by atoms with van der Waals surface area (Å²) >= 11 is 0. The topological polar surface area (TPSA) is 36.8 Å². The molecule has 1 unspecified atom stereocenters. The number of rotatable bonds is 0. The first kappa shape index (κ1) is 4.73.